The minimum atomic E-state index is -0.331. The van der Waals surface area contributed by atoms with Gasteiger partial charge in [0, 0.05) is 12.6 Å². The molecule has 0 radical (unpaired) electrons. The van der Waals surface area contributed by atoms with Crippen molar-refractivity contribution >= 4 is 5.91 Å². The minimum absolute atomic E-state index is 0.205. The molecular weight excluding hydrogens is 234 g/mol. The van der Waals surface area contributed by atoms with Gasteiger partial charge in [-0.15, -0.1) is 0 Å². The van der Waals surface area contributed by atoms with Crippen molar-refractivity contribution in [2.24, 2.45) is 5.84 Å². The van der Waals surface area contributed by atoms with Crippen LogP contribution >= 0.6 is 0 Å². The molecule has 2 atom stereocenters. The van der Waals surface area contributed by atoms with Gasteiger partial charge in [0.25, 0.3) is 5.91 Å². The zero-order valence-corrected chi connectivity index (χ0v) is 10.7. The van der Waals surface area contributed by atoms with E-state index in [-0.39, 0.29) is 12.0 Å². The van der Waals surface area contributed by atoms with E-state index in [1.165, 1.54) is 6.26 Å². The van der Waals surface area contributed by atoms with Crippen LogP contribution in [0.5, 0.6) is 0 Å². The summed E-state index contributed by atoms with van der Waals surface area (Å²) >= 11 is 0. The third kappa shape index (κ3) is 2.55. The third-order valence-electron chi connectivity index (χ3n) is 3.42. The Morgan fingerprint density at radius 1 is 1.67 bits per heavy atom. The fourth-order valence-corrected chi connectivity index (χ4v) is 2.39. The molecule has 2 heterocycles. The van der Waals surface area contributed by atoms with Crippen molar-refractivity contribution < 1.29 is 13.9 Å². The van der Waals surface area contributed by atoms with Gasteiger partial charge in [-0.1, -0.05) is 0 Å². The Balaban J connectivity index is 2.05. The average molecular weight is 253 g/mol. The summed E-state index contributed by atoms with van der Waals surface area (Å²) in [6.45, 7) is 3.41. The number of furan rings is 1. The standard InChI is InChI=1S/C12H19N3O3/c1-8-10(4-6-17-8)15(2)7-11-9(3-5-18-11)12(16)14-13/h3,5,8,10H,4,6-7,13H2,1-2H3,(H,14,16). The normalized spacial score (nSPS) is 23.6. The zero-order valence-electron chi connectivity index (χ0n) is 10.7. The third-order valence-corrected chi connectivity index (χ3v) is 3.42. The van der Waals surface area contributed by atoms with Gasteiger partial charge in [0.05, 0.1) is 24.5 Å². The van der Waals surface area contributed by atoms with Crippen LogP contribution in [0.2, 0.25) is 0 Å². The van der Waals surface area contributed by atoms with Crippen LogP contribution in [-0.4, -0.2) is 36.6 Å². The molecule has 1 aliphatic rings. The Labute approximate surface area is 106 Å². The highest BCUT2D eigenvalue weighted by Gasteiger charge is 2.29. The van der Waals surface area contributed by atoms with Crippen molar-refractivity contribution in [3.05, 3.63) is 23.7 Å². The van der Waals surface area contributed by atoms with Crippen molar-refractivity contribution in [1.82, 2.24) is 10.3 Å². The molecule has 1 aromatic heterocycles. The van der Waals surface area contributed by atoms with Crippen LogP contribution < -0.4 is 11.3 Å². The van der Waals surface area contributed by atoms with Crippen molar-refractivity contribution in [1.29, 1.82) is 0 Å². The van der Waals surface area contributed by atoms with Gasteiger partial charge in [-0.2, -0.15) is 0 Å². The zero-order chi connectivity index (χ0) is 13.1. The number of nitrogens with zero attached hydrogens (tertiary/aromatic N) is 1. The van der Waals surface area contributed by atoms with E-state index in [2.05, 4.69) is 17.2 Å². The predicted octanol–water partition coefficient (Wildman–Crippen LogP) is 0.492. The lowest BCUT2D eigenvalue weighted by atomic mass is 10.1. The maximum Gasteiger partial charge on any atom is 0.268 e. The molecule has 0 bridgehead atoms. The van der Waals surface area contributed by atoms with E-state index in [4.69, 9.17) is 15.0 Å². The summed E-state index contributed by atoms with van der Waals surface area (Å²) in [6.07, 6.45) is 2.70. The van der Waals surface area contributed by atoms with Crippen LogP contribution in [0, 0.1) is 0 Å². The number of carbonyl (C=O) groups excluding carboxylic acids is 1. The van der Waals surface area contributed by atoms with Crippen molar-refractivity contribution in [2.75, 3.05) is 13.7 Å². The van der Waals surface area contributed by atoms with Crippen molar-refractivity contribution in [2.45, 2.75) is 32.0 Å². The topological polar surface area (TPSA) is 80.7 Å². The molecule has 18 heavy (non-hydrogen) atoms. The average Bonchev–Trinajstić information content (AvgIpc) is 2.97. The fourth-order valence-electron chi connectivity index (χ4n) is 2.39. The molecule has 0 spiro atoms. The molecule has 2 unspecified atom stereocenters. The Bertz CT molecular complexity index is 418. The van der Waals surface area contributed by atoms with Crippen LogP contribution in [0.3, 0.4) is 0 Å². The summed E-state index contributed by atoms with van der Waals surface area (Å²) in [5, 5.41) is 0. The maximum atomic E-state index is 11.5. The number of nitrogens with one attached hydrogen (secondary N) is 1. The molecule has 0 aromatic carbocycles. The summed E-state index contributed by atoms with van der Waals surface area (Å²) in [5.74, 6) is 5.43. The molecule has 1 aromatic rings. The van der Waals surface area contributed by atoms with E-state index >= 15 is 0 Å². The second-order valence-electron chi connectivity index (χ2n) is 4.58. The Kier molecular flexibility index (Phi) is 4.00. The highest BCUT2D eigenvalue weighted by molar-refractivity contribution is 5.94. The summed E-state index contributed by atoms with van der Waals surface area (Å²) in [7, 11) is 2.00. The smallest absolute Gasteiger partial charge is 0.268 e. The molecule has 3 N–H and O–H groups in total. The van der Waals surface area contributed by atoms with Gasteiger partial charge >= 0.3 is 0 Å². The number of ether oxygens (including phenoxy) is 1. The molecule has 1 saturated heterocycles. The van der Waals surface area contributed by atoms with Crippen molar-refractivity contribution in [3.8, 4) is 0 Å². The van der Waals surface area contributed by atoms with E-state index in [0.717, 1.165) is 13.0 Å². The number of rotatable bonds is 4. The molecular formula is C12H19N3O3. The van der Waals surface area contributed by atoms with Crippen molar-refractivity contribution in [3.63, 3.8) is 0 Å². The quantitative estimate of drug-likeness (QED) is 0.464. The minimum Gasteiger partial charge on any atom is -0.467 e. The molecule has 0 saturated carbocycles. The monoisotopic (exact) mass is 253 g/mol. The van der Waals surface area contributed by atoms with Gasteiger partial charge < -0.3 is 9.15 Å². The van der Waals surface area contributed by atoms with Crippen LogP contribution in [0.1, 0.15) is 29.5 Å². The highest BCUT2D eigenvalue weighted by atomic mass is 16.5. The van der Waals surface area contributed by atoms with Gasteiger partial charge in [0.15, 0.2) is 0 Å². The second-order valence-corrected chi connectivity index (χ2v) is 4.58. The maximum absolute atomic E-state index is 11.5. The Morgan fingerprint density at radius 3 is 3.06 bits per heavy atom. The summed E-state index contributed by atoms with van der Waals surface area (Å²) in [6, 6.07) is 1.98. The van der Waals surface area contributed by atoms with Crippen LogP contribution in [0.15, 0.2) is 16.7 Å². The first-order chi connectivity index (χ1) is 8.63. The highest BCUT2D eigenvalue weighted by Crippen LogP contribution is 2.21. The number of hydrazine groups is 1. The van der Waals surface area contributed by atoms with Gasteiger partial charge in [-0.05, 0) is 26.5 Å². The number of carbonyl (C=O) groups is 1. The molecule has 1 fully saturated rings. The van der Waals surface area contributed by atoms with Gasteiger partial charge in [0.1, 0.15) is 5.76 Å². The first-order valence-electron chi connectivity index (χ1n) is 6.02. The number of hydrogen-bond donors (Lipinski definition) is 2. The van der Waals surface area contributed by atoms with Crippen LogP contribution in [-0.2, 0) is 11.3 Å². The van der Waals surface area contributed by atoms with Gasteiger partial charge in [-0.25, -0.2) is 5.84 Å². The second kappa shape index (κ2) is 5.51. The molecule has 1 amide bonds. The van der Waals surface area contributed by atoms with E-state index < -0.39 is 0 Å². The van der Waals surface area contributed by atoms with Gasteiger partial charge in [-0.3, -0.25) is 15.1 Å². The van der Waals surface area contributed by atoms with E-state index in [9.17, 15) is 4.79 Å². The molecule has 6 heteroatoms. The Hall–Kier alpha value is -1.37. The molecule has 1 aliphatic heterocycles. The van der Waals surface area contributed by atoms with Gasteiger partial charge in [0.2, 0.25) is 0 Å². The molecule has 2 rings (SSSR count). The lowest BCUT2D eigenvalue weighted by molar-refractivity contribution is 0.0787. The number of hydrogen-bond acceptors (Lipinski definition) is 5. The SMILES string of the molecule is CC1OCCC1N(C)Cc1occc1C(=O)NN. The molecule has 6 nitrogen and oxygen atoms in total. The number of likely N-dealkylation sites (N-methyl/N-ethyl adjacent to an activating group) is 1. The predicted molar refractivity (Wildman–Crippen MR) is 65.6 cm³/mol. The summed E-state index contributed by atoms with van der Waals surface area (Å²) < 4.78 is 10.9. The number of nitrogens with two attached hydrogens (primary N) is 1. The lowest BCUT2D eigenvalue weighted by Crippen LogP contribution is -2.37. The first-order valence-corrected chi connectivity index (χ1v) is 6.02. The summed E-state index contributed by atoms with van der Waals surface area (Å²) in [5.41, 5.74) is 2.60. The molecule has 100 valence electrons. The van der Waals surface area contributed by atoms with Crippen LogP contribution in [0.4, 0.5) is 0 Å². The fraction of sp³-hybridized carbons (Fsp3) is 0.583. The number of amides is 1. The number of nitrogen functional groups attached to an aromatic ring is 1. The van der Waals surface area contributed by atoms with Crippen LogP contribution in [0.25, 0.3) is 0 Å². The van der Waals surface area contributed by atoms with E-state index in [1.54, 1.807) is 6.07 Å². The van der Waals surface area contributed by atoms with E-state index in [1.807, 2.05) is 7.05 Å². The first kappa shape index (κ1) is 13.1. The largest absolute Gasteiger partial charge is 0.467 e. The summed E-state index contributed by atoms with van der Waals surface area (Å²) in [4.78, 5) is 13.7. The lowest BCUT2D eigenvalue weighted by Gasteiger charge is -2.25. The Morgan fingerprint density at radius 2 is 2.44 bits per heavy atom. The molecule has 0 aliphatic carbocycles. The van der Waals surface area contributed by atoms with E-state index in [0.29, 0.717) is 23.9 Å².